The van der Waals surface area contributed by atoms with Crippen LogP contribution in [0.5, 0.6) is 0 Å². The number of hydrogen-bond donors (Lipinski definition) is 1. The summed E-state index contributed by atoms with van der Waals surface area (Å²) in [7, 11) is 0. The maximum atomic E-state index is 10.4. The first-order valence-electron chi connectivity index (χ1n) is 6.86. The predicted octanol–water partition coefficient (Wildman–Crippen LogP) is 2.56. The molecule has 0 saturated carbocycles. The third-order valence-corrected chi connectivity index (χ3v) is 3.68. The van der Waals surface area contributed by atoms with E-state index in [2.05, 4.69) is 22.3 Å². The van der Waals surface area contributed by atoms with Gasteiger partial charge in [0, 0.05) is 12.8 Å². The number of aliphatic carboxylic acids is 1. The Balaban J connectivity index is 1.57. The molecule has 20 heavy (non-hydrogen) atoms. The maximum absolute atomic E-state index is 10.4. The van der Waals surface area contributed by atoms with Crippen molar-refractivity contribution in [2.75, 3.05) is 0 Å². The van der Waals surface area contributed by atoms with Gasteiger partial charge in [0.1, 0.15) is 0 Å². The van der Waals surface area contributed by atoms with E-state index in [1.54, 1.807) is 0 Å². The SMILES string of the molecule is O=C(O)CCCCc1nc(C2Cc3ccccc32)no1. The second-order valence-corrected chi connectivity index (χ2v) is 5.10. The number of hydrogen-bond acceptors (Lipinski definition) is 4. The molecule has 1 N–H and O–H groups in total. The zero-order chi connectivity index (χ0) is 13.9. The fraction of sp³-hybridized carbons (Fsp3) is 0.400. The summed E-state index contributed by atoms with van der Waals surface area (Å²) in [6.45, 7) is 0. The first-order valence-corrected chi connectivity index (χ1v) is 6.86. The van der Waals surface area contributed by atoms with Gasteiger partial charge < -0.3 is 9.63 Å². The zero-order valence-corrected chi connectivity index (χ0v) is 11.1. The smallest absolute Gasteiger partial charge is 0.303 e. The molecule has 0 saturated heterocycles. The normalized spacial score (nSPS) is 16.5. The molecule has 0 aliphatic heterocycles. The monoisotopic (exact) mass is 272 g/mol. The van der Waals surface area contributed by atoms with Crippen LogP contribution in [0.4, 0.5) is 0 Å². The second kappa shape index (κ2) is 5.45. The Morgan fingerprint density at radius 1 is 1.35 bits per heavy atom. The van der Waals surface area contributed by atoms with E-state index in [4.69, 9.17) is 9.63 Å². The lowest BCUT2D eigenvalue weighted by atomic mass is 9.77. The molecule has 0 amide bonds. The fourth-order valence-electron chi connectivity index (χ4n) is 2.55. The van der Waals surface area contributed by atoms with Gasteiger partial charge in [0.15, 0.2) is 5.82 Å². The highest BCUT2D eigenvalue weighted by Gasteiger charge is 2.30. The van der Waals surface area contributed by atoms with Crippen LogP contribution in [-0.4, -0.2) is 21.2 Å². The number of aryl methyl sites for hydroxylation is 1. The third kappa shape index (κ3) is 2.57. The van der Waals surface area contributed by atoms with Gasteiger partial charge in [0.25, 0.3) is 0 Å². The standard InChI is InChI=1S/C15H16N2O3/c18-14(19)8-4-3-7-13-16-15(17-20-13)12-9-10-5-1-2-6-11(10)12/h1-2,5-6,12H,3-4,7-9H2,(H,18,19). The molecule has 1 aromatic carbocycles. The summed E-state index contributed by atoms with van der Waals surface area (Å²) in [6.07, 6.45) is 3.20. The second-order valence-electron chi connectivity index (χ2n) is 5.10. The first kappa shape index (κ1) is 12.8. The molecule has 5 nitrogen and oxygen atoms in total. The third-order valence-electron chi connectivity index (χ3n) is 3.68. The van der Waals surface area contributed by atoms with E-state index in [-0.39, 0.29) is 12.3 Å². The Kier molecular flexibility index (Phi) is 3.50. The quantitative estimate of drug-likeness (QED) is 0.818. The number of nitrogens with zero attached hydrogens (tertiary/aromatic N) is 2. The number of aromatic nitrogens is 2. The van der Waals surface area contributed by atoms with Crippen LogP contribution in [0.1, 0.15) is 48.0 Å². The summed E-state index contributed by atoms with van der Waals surface area (Å²) < 4.78 is 5.24. The minimum absolute atomic E-state index is 0.191. The van der Waals surface area contributed by atoms with Gasteiger partial charge in [-0.1, -0.05) is 29.4 Å². The van der Waals surface area contributed by atoms with Crippen molar-refractivity contribution in [3.05, 3.63) is 47.1 Å². The Bertz CT molecular complexity index is 621. The van der Waals surface area contributed by atoms with E-state index < -0.39 is 5.97 Å². The van der Waals surface area contributed by atoms with E-state index in [1.807, 2.05) is 12.1 Å². The number of benzene rings is 1. The van der Waals surface area contributed by atoms with E-state index in [0.29, 0.717) is 18.7 Å². The molecule has 2 aromatic rings. The van der Waals surface area contributed by atoms with Crippen molar-refractivity contribution in [1.82, 2.24) is 10.1 Å². The summed E-state index contributed by atoms with van der Waals surface area (Å²) in [4.78, 5) is 14.8. The summed E-state index contributed by atoms with van der Waals surface area (Å²) in [5.41, 5.74) is 2.64. The lowest BCUT2D eigenvalue weighted by Gasteiger charge is -2.27. The molecule has 1 aromatic heterocycles. The van der Waals surface area contributed by atoms with E-state index in [0.717, 1.165) is 18.7 Å². The fourth-order valence-corrected chi connectivity index (χ4v) is 2.55. The van der Waals surface area contributed by atoms with Gasteiger partial charge >= 0.3 is 5.97 Å². The molecular formula is C15H16N2O3. The molecule has 3 rings (SSSR count). The van der Waals surface area contributed by atoms with Gasteiger partial charge in [-0.25, -0.2) is 0 Å². The van der Waals surface area contributed by atoms with Crippen molar-refractivity contribution < 1.29 is 14.4 Å². The van der Waals surface area contributed by atoms with Crippen LogP contribution in [0.25, 0.3) is 0 Å². The number of carboxylic acids is 1. The average Bonchev–Trinajstić information content (AvgIpc) is 2.84. The van der Waals surface area contributed by atoms with Crippen molar-refractivity contribution in [3.63, 3.8) is 0 Å². The number of rotatable bonds is 6. The summed E-state index contributed by atoms with van der Waals surface area (Å²) >= 11 is 0. The molecule has 0 spiro atoms. The lowest BCUT2D eigenvalue weighted by molar-refractivity contribution is -0.137. The minimum atomic E-state index is -0.762. The summed E-state index contributed by atoms with van der Waals surface area (Å²) in [5.74, 6) is 0.844. The molecule has 0 radical (unpaired) electrons. The van der Waals surface area contributed by atoms with Gasteiger partial charge in [-0.15, -0.1) is 0 Å². The van der Waals surface area contributed by atoms with Crippen molar-refractivity contribution in [2.45, 2.75) is 38.0 Å². The van der Waals surface area contributed by atoms with Crippen molar-refractivity contribution >= 4 is 5.97 Å². The van der Waals surface area contributed by atoms with Crippen LogP contribution < -0.4 is 0 Å². The zero-order valence-electron chi connectivity index (χ0n) is 11.1. The van der Waals surface area contributed by atoms with E-state index in [1.165, 1.54) is 11.1 Å². The molecule has 0 bridgehead atoms. The number of unbranched alkanes of at least 4 members (excludes halogenated alkanes) is 1. The molecule has 1 aliphatic rings. The maximum Gasteiger partial charge on any atom is 0.303 e. The Hall–Kier alpha value is -2.17. The van der Waals surface area contributed by atoms with Crippen molar-refractivity contribution in [3.8, 4) is 0 Å². The highest BCUT2D eigenvalue weighted by Crippen LogP contribution is 2.38. The molecule has 0 fully saturated rings. The van der Waals surface area contributed by atoms with Crippen LogP contribution in [0.3, 0.4) is 0 Å². The number of carbonyl (C=O) groups is 1. The van der Waals surface area contributed by atoms with Crippen LogP contribution >= 0.6 is 0 Å². The molecule has 5 heteroatoms. The Morgan fingerprint density at radius 2 is 2.20 bits per heavy atom. The lowest BCUT2D eigenvalue weighted by Crippen LogP contribution is -2.19. The summed E-state index contributed by atoms with van der Waals surface area (Å²) in [6, 6.07) is 8.29. The van der Waals surface area contributed by atoms with Gasteiger partial charge in [0.05, 0.1) is 5.92 Å². The predicted molar refractivity (Wildman–Crippen MR) is 71.5 cm³/mol. The number of carboxylic acid groups (broad SMARTS) is 1. The van der Waals surface area contributed by atoms with Gasteiger partial charge in [-0.3, -0.25) is 4.79 Å². The molecule has 1 atom stereocenters. The van der Waals surface area contributed by atoms with Gasteiger partial charge in [0.2, 0.25) is 5.89 Å². The Labute approximate surface area is 116 Å². The number of fused-ring (bicyclic) bond motifs is 1. The highest BCUT2D eigenvalue weighted by molar-refractivity contribution is 5.66. The van der Waals surface area contributed by atoms with Crippen LogP contribution in [0, 0.1) is 0 Å². The molecule has 1 heterocycles. The van der Waals surface area contributed by atoms with Crippen molar-refractivity contribution in [1.29, 1.82) is 0 Å². The molecular weight excluding hydrogens is 256 g/mol. The van der Waals surface area contributed by atoms with Crippen LogP contribution in [-0.2, 0) is 17.6 Å². The van der Waals surface area contributed by atoms with E-state index in [9.17, 15) is 4.79 Å². The molecule has 1 aliphatic carbocycles. The van der Waals surface area contributed by atoms with Gasteiger partial charge in [-0.05, 0) is 30.4 Å². The minimum Gasteiger partial charge on any atom is -0.481 e. The van der Waals surface area contributed by atoms with Crippen LogP contribution in [0.15, 0.2) is 28.8 Å². The molecule has 104 valence electrons. The highest BCUT2D eigenvalue weighted by atomic mass is 16.5. The van der Waals surface area contributed by atoms with E-state index >= 15 is 0 Å². The first-order chi connectivity index (χ1) is 9.74. The van der Waals surface area contributed by atoms with Crippen molar-refractivity contribution in [2.24, 2.45) is 0 Å². The largest absolute Gasteiger partial charge is 0.481 e. The topological polar surface area (TPSA) is 76.2 Å². The summed E-state index contributed by atoms with van der Waals surface area (Å²) in [5, 5.41) is 12.6. The van der Waals surface area contributed by atoms with Crippen LogP contribution in [0.2, 0.25) is 0 Å². The average molecular weight is 272 g/mol. The van der Waals surface area contributed by atoms with Gasteiger partial charge in [-0.2, -0.15) is 4.98 Å². The Morgan fingerprint density at radius 3 is 3.00 bits per heavy atom. The molecule has 1 unspecified atom stereocenters.